The van der Waals surface area contributed by atoms with Gasteiger partial charge in [-0.15, -0.1) is 22.7 Å². The third-order valence-corrected chi connectivity index (χ3v) is 18.9. The Bertz CT molecular complexity index is 4210. The number of aromatic amines is 1. The third kappa shape index (κ3) is 20.1. The Morgan fingerprint density at radius 1 is 0.541 bits per heavy atom. The van der Waals surface area contributed by atoms with Crippen molar-refractivity contribution in [1.29, 1.82) is 0 Å². The number of halogens is 9. The second kappa shape index (κ2) is 34.9. The highest BCUT2D eigenvalue weighted by atomic mass is 127. The Morgan fingerprint density at radius 3 is 1.45 bits per heavy atom. The number of nitrogens with one attached hydrogen (secondary N) is 3. The van der Waals surface area contributed by atoms with E-state index in [1.165, 1.54) is 61.6 Å². The maximum absolute atomic E-state index is 12.9. The molecule has 10 aromatic rings. The van der Waals surface area contributed by atoms with E-state index in [0.29, 0.717) is 61.5 Å². The molecule has 3 amide bonds. The van der Waals surface area contributed by atoms with Gasteiger partial charge in [0.25, 0.3) is 37.0 Å². The van der Waals surface area contributed by atoms with Gasteiger partial charge in [0.05, 0.1) is 29.6 Å². The van der Waals surface area contributed by atoms with E-state index in [4.69, 9.17) is 5.11 Å². The molecule has 14 rings (SSSR count). The third-order valence-electron chi connectivity index (χ3n) is 16.7. The summed E-state index contributed by atoms with van der Waals surface area (Å²) in [6.07, 6.45) is 3.71. The lowest BCUT2D eigenvalue weighted by atomic mass is 9.88. The Hall–Kier alpha value is -8.39. The van der Waals surface area contributed by atoms with Crippen molar-refractivity contribution in [3.05, 3.63) is 177 Å². The van der Waals surface area contributed by atoms with Crippen LogP contribution in [0.1, 0.15) is 94.1 Å². The number of amides is 3. The highest BCUT2D eigenvalue weighted by Crippen LogP contribution is 2.32. The molecule has 10 heterocycles. The molecule has 4 aliphatic heterocycles. The molecule has 0 saturated carbocycles. The average molecular weight is 1510 g/mol. The number of hydrogen-bond acceptors (Lipinski definition) is 12. The van der Waals surface area contributed by atoms with Crippen molar-refractivity contribution in [2.75, 3.05) is 56.8 Å². The van der Waals surface area contributed by atoms with Crippen LogP contribution >= 0.6 is 45.3 Å². The summed E-state index contributed by atoms with van der Waals surface area (Å²) in [5.74, 6) is 0.0606. The summed E-state index contributed by atoms with van der Waals surface area (Å²) in [4.78, 5) is 87.1. The molecule has 4 N–H and O–H groups in total. The van der Waals surface area contributed by atoms with Crippen LogP contribution in [0.2, 0.25) is 0 Å². The smallest absolute Gasteiger partial charge is 0.335 e. The minimum absolute atomic E-state index is 0.0169. The molecule has 0 radical (unpaired) electrons. The Kier molecular flexibility index (Phi) is 26.3. The number of H-pyrrole nitrogens is 1. The molecule has 98 heavy (non-hydrogen) atoms. The van der Waals surface area contributed by atoms with Crippen molar-refractivity contribution in [1.82, 2.24) is 54.0 Å². The van der Waals surface area contributed by atoms with E-state index in [-0.39, 0.29) is 58.9 Å². The molecule has 0 aliphatic carbocycles. The number of fused-ring (bicyclic) bond motifs is 4. The van der Waals surface area contributed by atoms with Crippen LogP contribution in [0.5, 0.6) is 0 Å². The van der Waals surface area contributed by atoms with Crippen molar-refractivity contribution in [3.63, 3.8) is 0 Å². The van der Waals surface area contributed by atoms with Crippen LogP contribution in [0.25, 0.3) is 43.6 Å². The SMILES string of the molecule is CC(=O)c1ccc2[nH]ccc2c1.CC(=O)c1ccc2c(ccn2CC(F)F)c1.FC(F)CI.O=C(O)c1ccc2c(ccn2CC(F)F)c1.O=C(c1ccc2c(ccn2CC(F)F)c1)N1CC(C[C@H]2CCN(C(=O)c3nccs3)C2)C1.O=C(c1nccs1)N1CC[C@H](NC2CNC2)C1. The van der Waals surface area contributed by atoms with Crippen LogP contribution in [0.3, 0.4) is 0 Å². The number of hydrogen-bond donors (Lipinski definition) is 4. The summed E-state index contributed by atoms with van der Waals surface area (Å²) in [6.45, 7) is 8.75. The zero-order chi connectivity index (χ0) is 70.2. The molecule has 520 valence electrons. The molecule has 2 atom stereocenters. The number of carbonyl (C=O) groups is 6. The van der Waals surface area contributed by atoms with Gasteiger partial charge in [-0.1, -0.05) is 22.6 Å². The van der Waals surface area contributed by atoms with E-state index in [9.17, 15) is 63.9 Å². The van der Waals surface area contributed by atoms with Crippen molar-refractivity contribution in [2.45, 2.75) is 90.5 Å². The van der Waals surface area contributed by atoms with E-state index in [1.807, 2.05) is 55.9 Å². The Labute approximate surface area is 580 Å². The lowest BCUT2D eigenvalue weighted by molar-refractivity contribution is 0.0452. The van der Waals surface area contributed by atoms with Crippen molar-refractivity contribution in [3.8, 4) is 0 Å². The predicted octanol–water partition coefficient (Wildman–Crippen LogP) is 13.7. The quantitative estimate of drug-likeness (QED) is 0.0291. The first-order chi connectivity index (χ1) is 47.0. The zero-order valence-electron chi connectivity index (χ0n) is 53.3. The van der Waals surface area contributed by atoms with Gasteiger partial charge in [0.15, 0.2) is 21.6 Å². The van der Waals surface area contributed by atoms with E-state index < -0.39 is 31.7 Å². The van der Waals surface area contributed by atoms with Gasteiger partial charge in [0, 0.05) is 173 Å². The van der Waals surface area contributed by atoms with Gasteiger partial charge in [-0.3, -0.25) is 24.0 Å². The number of ketones is 2. The maximum atomic E-state index is 12.9. The summed E-state index contributed by atoms with van der Waals surface area (Å²) in [6, 6.07) is 28.6. The molecular weight excluding hydrogens is 1440 g/mol. The molecular formula is C69H72F8IN11O7S2. The molecule has 4 aromatic carbocycles. The molecule has 4 aliphatic rings. The van der Waals surface area contributed by atoms with Gasteiger partial charge >= 0.3 is 5.97 Å². The van der Waals surface area contributed by atoms with Crippen LogP contribution in [-0.4, -0.2) is 178 Å². The molecule has 0 unspecified atom stereocenters. The summed E-state index contributed by atoms with van der Waals surface area (Å²) < 4.78 is 100. The fourth-order valence-electron chi connectivity index (χ4n) is 11.8. The summed E-state index contributed by atoms with van der Waals surface area (Å²) in [5.41, 5.74) is 5.23. The van der Waals surface area contributed by atoms with Crippen molar-refractivity contribution in [2.24, 2.45) is 11.8 Å². The first kappa shape index (κ1) is 73.8. The standard InChI is InChI=1S/C23H24F2N4O2S.C12H11F2NO.C11H9F2NO2.C11H16N4OS.C10H9NO.C2H3F2I/c24-20(25)14-27-7-4-17-10-18(1-2-19(17)27)22(30)29-12-16(13-29)9-15-3-6-28(11-15)23(31)21-26-5-8-32-21;1-8(16)9-2-3-11-10(6-9)4-5-15(11)7-12(13)14;12-10(13)6-14-4-3-7-5-8(11(15)16)1-2-9(7)14;16-11(10-13-2-4-17-10)15-3-1-8(7-15)14-9-5-12-6-9;1-7(12)8-2-3-10-9(6-8)4-5-11-10;3-2(4)1-5/h1-2,4-5,7-8,10,15-16,20H,3,6,9,11-14H2;2-6,12H,7H2,1H3;1-5,10H,6H2,(H,15,16);2,4,8-9,12,14H,1,3,5-7H2;2-6,11H,1H3;2H,1H2/t15-;;;8-;;/m1..0../s1. The first-order valence-electron chi connectivity index (χ1n) is 31.4. The second-order valence-electron chi connectivity index (χ2n) is 23.8. The Morgan fingerprint density at radius 2 is 0.990 bits per heavy atom. The van der Waals surface area contributed by atoms with Crippen LogP contribution in [0, 0.1) is 11.8 Å². The van der Waals surface area contributed by atoms with Gasteiger partial charge in [0.1, 0.15) is 0 Å². The predicted molar refractivity (Wildman–Crippen MR) is 370 cm³/mol. The highest BCUT2D eigenvalue weighted by Gasteiger charge is 2.36. The van der Waals surface area contributed by atoms with Crippen LogP contribution in [0.4, 0.5) is 35.1 Å². The van der Waals surface area contributed by atoms with Crippen LogP contribution in [0.15, 0.2) is 145 Å². The normalized spacial score (nSPS) is 16.0. The number of aromatic carboxylic acids is 1. The van der Waals surface area contributed by atoms with Gasteiger partial charge in [-0.2, -0.15) is 0 Å². The minimum atomic E-state index is -2.42. The van der Waals surface area contributed by atoms with Gasteiger partial charge in [0.2, 0.25) is 6.43 Å². The van der Waals surface area contributed by atoms with Gasteiger partial charge < -0.3 is 49.1 Å². The molecule has 4 fully saturated rings. The molecule has 6 aromatic heterocycles. The van der Waals surface area contributed by atoms with E-state index in [0.717, 1.165) is 104 Å². The Balaban J connectivity index is 0.000000147. The van der Waals surface area contributed by atoms with Crippen molar-refractivity contribution < 1.29 is 69.0 Å². The van der Waals surface area contributed by atoms with E-state index in [2.05, 4.69) is 25.6 Å². The van der Waals surface area contributed by atoms with Crippen molar-refractivity contribution >= 4 is 124 Å². The fourth-order valence-corrected chi connectivity index (χ4v) is 13.0. The first-order valence-corrected chi connectivity index (χ1v) is 34.7. The summed E-state index contributed by atoms with van der Waals surface area (Å²) in [7, 11) is 0. The number of rotatable bonds is 17. The molecule has 4 saturated heterocycles. The monoisotopic (exact) mass is 1510 g/mol. The topological polar surface area (TPSA) is 213 Å². The van der Waals surface area contributed by atoms with Gasteiger partial charge in [-0.25, -0.2) is 49.9 Å². The minimum Gasteiger partial charge on any atom is -0.478 e. The van der Waals surface area contributed by atoms with E-state index in [1.54, 1.807) is 115 Å². The number of benzene rings is 4. The number of alkyl halides is 9. The lowest BCUT2D eigenvalue weighted by Crippen LogP contribution is -2.58. The largest absolute Gasteiger partial charge is 0.478 e. The summed E-state index contributed by atoms with van der Waals surface area (Å²) >= 11 is 4.42. The molecule has 18 nitrogen and oxygen atoms in total. The number of likely N-dealkylation sites (tertiary alicyclic amines) is 3. The summed E-state index contributed by atoms with van der Waals surface area (Å²) in [5, 5.41) is 23.7. The highest BCUT2D eigenvalue weighted by molar-refractivity contribution is 14.1. The van der Waals surface area contributed by atoms with Crippen LogP contribution in [-0.2, 0) is 19.6 Å². The van der Waals surface area contributed by atoms with Crippen LogP contribution < -0.4 is 10.6 Å². The van der Waals surface area contributed by atoms with Gasteiger partial charge in [-0.05, 0) is 142 Å². The fraction of sp³-hybridized carbons (Fsp3) is 0.362. The number of carboxylic acids is 1. The number of aromatic nitrogens is 6. The molecule has 29 heteroatoms. The maximum Gasteiger partial charge on any atom is 0.335 e. The molecule has 0 spiro atoms. The number of Topliss-reactive ketones (excluding diaryl/α,β-unsaturated/α-hetero) is 2. The zero-order valence-corrected chi connectivity index (χ0v) is 57.1. The second-order valence-corrected chi connectivity index (χ2v) is 26.5. The number of carbonyl (C=O) groups excluding carboxylic acids is 5. The van der Waals surface area contributed by atoms with E-state index >= 15 is 0 Å². The average Bonchev–Trinajstić information content (AvgIpc) is 1.44. The number of thiazole rings is 2. The lowest BCUT2D eigenvalue weighted by Gasteiger charge is -2.40. The number of nitrogens with zero attached hydrogens (tertiary/aromatic N) is 8. The molecule has 0 bridgehead atoms. The number of carboxylic acid groups (broad SMARTS) is 1.